The van der Waals surface area contributed by atoms with E-state index in [9.17, 15) is 9.59 Å². The second-order valence-corrected chi connectivity index (χ2v) is 5.93. The van der Waals surface area contributed by atoms with Gasteiger partial charge in [0.15, 0.2) is 12.3 Å². The van der Waals surface area contributed by atoms with Crippen molar-refractivity contribution >= 4 is 22.8 Å². The number of rotatable bonds is 7. The fraction of sp³-hybridized carbons (Fsp3) is 0.190. The number of amides is 1. The number of aromatic nitrogens is 1. The molecule has 3 rings (SSSR count). The molecule has 3 aromatic rings. The highest BCUT2D eigenvalue weighted by atomic mass is 16.5. The van der Waals surface area contributed by atoms with Crippen LogP contribution in [0.3, 0.4) is 0 Å². The van der Waals surface area contributed by atoms with E-state index in [1.807, 2.05) is 36.4 Å². The van der Waals surface area contributed by atoms with E-state index in [0.717, 1.165) is 11.3 Å². The first kappa shape index (κ1) is 19.2. The van der Waals surface area contributed by atoms with Gasteiger partial charge < -0.3 is 19.5 Å². The van der Waals surface area contributed by atoms with E-state index >= 15 is 0 Å². The number of ether oxygens (including phenoxy) is 3. The highest BCUT2D eigenvalue weighted by molar-refractivity contribution is 5.94. The molecule has 0 unspecified atom stereocenters. The molecule has 0 spiro atoms. The van der Waals surface area contributed by atoms with E-state index in [0.29, 0.717) is 23.2 Å². The predicted molar refractivity (Wildman–Crippen MR) is 103 cm³/mol. The zero-order chi connectivity index (χ0) is 19.9. The lowest BCUT2D eigenvalue weighted by Crippen LogP contribution is -2.28. The van der Waals surface area contributed by atoms with Crippen molar-refractivity contribution < 1.29 is 23.8 Å². The van der Waals surface area contributed by atoms with E-state index in [-0.39, 0.29) is 18.2 Å². The Morgan fingerprint density at radius 1 is 1.04 bits per heavy atom. The van der Waals surface area contributed by atoms with Gasteiger partial charge in [-0.15, -0.1) is 0 Å². The topological polar surface area (TPSA) is 86.8 Å². The largest absolute Gasteiger partial charge is 0.497 e. The van der Waals surface area contributed by atoms with Crippen LogP contribution in [0.25, 0.3) is 10.9 Å². The molecule has 0 aliphatic carbocycles. The minimum absolute atomic E-state index is 0.119. The van der Waals surface area contributed by atoms with E-state index in [1.165, 1.54) is 13.2 Å². The van der Waals surface area contributed by atoms with Gasteiger partial charge in [0.05, 0.1) is 19.7 Å². The zero-order valence-corrected chi connectivity index (χ0v) is 15.6. The monoisotopic (exact) mass is 380 g/mol. The first-order valence-corrected chi connectivity index (χ1v) is 8.61. The van der Waals surface area contributed by atoms with Crippen molar-refractivity contribution in [3.05, 3.63) is 65.9 Å². The lowest BCUT2D eigenvalue weighted by atomic mass is 10.2. The molecule has 0 bridgehead atoms. The maximum Gasteiger partial charge on any atom is 0.356 e. The molecular weight excluding hydrogens is 360 g/mol. The van der Waals surface area contributed by atoms with E-state index < -0.39 is 5.97 Å². The van der Waals surface area contributed by atoms with E-state index in [4.69, 9.17) is 14.2 Å². The molecule has 1 amide bonds. The predicted octanol–water partition coefficient (Wildman–Crippen LogP) is 2.73. The molecule has 1 aromatic heterocycles. The summed E-state index contributed by atoms with van der Waals surface area (Å²) in [5, 5.41) is 3.49. The molecule has 0 aliphatic rings. The summed E-state index contributed by atoms with van der Waals surface area (Å²) in [6, 6.07) is 16.1. The standard InChI is InChI=1S/C21H20N2O5/c1-26-15-7-5-6-14(10-15)12-22-20(24)13-28-19-11-18(21(25)27-2)23-17-9-4-3-8-16(17)19/h3-11H,12-13H2,1-2H3,(H,22,24). The van der Waals surface area contributed by atoms with Crippen molar-refractivity contribution in [1.29, 1.82) is 0 Å². The van der Waals surface area contributed by atoms with Crippen molar-refractivity contribution in [3.8, 4) is 11.5 Å². The molecule has 7 nitrogen and oxygen atoms in total. The van der Waals surface area contributed by atoms with E-state index in [2.05, 4.69) is 10.3 Å². The molecule has 28 heavy (non-hydrogen) atoms. The number of hydrogen-bond donors (Lipinski definition) is 1. The number of para-hydroxylation sites is 1. The number of pyridine rings is 1. The normalized spacial score (nSPS) is 10.4. The highest BCUT2D eigenvalue weighted by Crippen LogP contribution is 2.25. The molecule has 0 fully saturated rings. The van der Waals surface area contributed by atoms with Crippen molar-refractivity contribution in [1.82, 2.24) is 10.3 Å². The Morgan fingerprint density at radius 2 is 1.86 bits per heavy atom. The Labute approximate surface area is 162 Å². The first-order chi connectivity index (χ1) is 13.6. The second-order valence-electron chi connectivity index (χ2n) is 5.93. The second kappa shape index (κ2) is 8.85. The minimum atomic E-state index is -0.571. The van der Waals surface area contributed by atoms with Crippen LogP contribution in [-0.2, 0) is 16.1 Å². The Morgan fingerprint density at radius 3 is 2.64 bits per heavy atom. The molecule has 0 atom stereocenters. The molecule has 0 radical (unpaired) electrons. The van der Waals surface area contributed by atoms with Gasteiger partial charge in [0.25, 0.3) is 5.91 Å². The molecule has 7 heteroatoms. The van der Waals surface area contributed by atoms with Crippen molar-refractivity contribution in [3.63, 3.8) is 0 Å². The minimum Gasteiger partial charge on any atom is -0.497 e. The highest BCUT2D eigenvalue weighted by Gasteiger charge is 2.14. The Kier molecular flexibility index (Phi) is 6.06. The van der Waals surface area contributed by atoms with Gasteiger partial charge in [0.1, 0.15) is 11.5 Å². The SMILES string of the molecule is COC(=O)c1cc(OCC(=O)NCc2cccc(OC)c2)c2ccccc2n1. The summed E-state index contributed by atoms with van der Waals surface area (Å²) < 4.78 is 15.6. The van der Waals surface area contributed by atoms with Gasteiger partial charge in [-0.05, 0) is 29.8 Å². The molecule has 0 saturated heterocycles. The zero-order valence-electron chi connectivity index (χ0n) is 15.6. The lowest BCUT2D eigenvalue weighted by Gasteiger charge is -2.11. The summed E-state index contributed by atoms with van der Waals surface area (Å²) in [7, 11) is 2.87. The fourth-order valence-corrected chi connectivity index (χ4v) is 2.65. The molecule has 144 valence electrons. The summed E-state index contributed by atoms with van der Waals surface area (Å²) in [6.45, 7) is 0.155. The maximum atomic E-state index is 12.2. The van der Waals surface area contributed by atoms with Crippen LogP contribution in [0.1, 0.15) is 16.1 Å². The number of fused-ring (bicyclic) bond motifs is 1. The van der Waals surface area contributed by atoms with Crippen molar-refractivity contribution in [2.75, 3.05) is 20.8 Å². The molecular formula is C21H20N2O5. The number of carbonyl (C=O) groups is 2. The number of nitrogens with one attached hydrogen (secondary N) is 1. The number of carbonyl (C=O) groups excluding carboxylic acids is 2. The smallest absolute Gasteiger partial charge is 0.356 e. The first-order valence-electron chi connectivity index (χ1n) is 8.61. The van der Waals surface area contributed by atoms with Gasteiger partial charge in [-0.3, -0.25) is 4.79 Å². The van der Waals surface area contributed by atoms with Gasteiger partial charge in [-0.1, -0.05) is 24.3 Å². The Balaban J connectivity index is 1.68. The number of methoxy groups -OCH3 is 2. The lowest BCUT2D eigenvalue weighted by molar-refractivity contribution is -0.123. The number of nitrogens with zero attached hydrogens (tertiary/aromatic N) is 1. The number of benzene rings is 2. The maximum absolute atomic E-state index is 12.2. The molecule has 2 aromatic carbocycles. The molecule has 1 heterocycles. The van der Waals surface area contributed by atoms with Crippen molar-refractivity contribution in [2.45, 2.75) is 6.54 Å². The Hall–Kier alpha value is -3.61. The summed E-state index contributed by atoms with van der Waals surface area (Å²) in [4.78, 5) is 28.3. The number of esters is 1. The third-order valence-electron chi connectivity index (χ3n) is 4.06. The van der Waals surface area contributed by atoms with Crippen LogP contribution >= 0.6 is 0 Å². The van der Waals surface area contributed by atoms with Crippen LogP contribution in [-0.4, -0.2) is 37.7 Å². The van der Waals surface area contributed by atoms with Crippen LogP contribution in [0.4, 0.5) is 0 Å². The fourth-order valence-electron chi connectivity index (χ4n) is 2.65. The van der Waals surface area contributed by atoms with Crippen LogP contribution in [0.15, 0.2) is 54.6 Å². The van der Waals surface area contributed by atoms with Gasteiger partial charge in [0.2, 0.25) is 0 Å². The third kappa shape index (κ3) is 4.56. The summed E-state index contributed by atoms with van der Waals surface area (Å²) in [6.07, 6.45) is 0. The van der Waals surface area contributed by atoms with Gasteiger partial charge in [-0.2, -0.15) is 0 Å². The average Bonchev–Trinajstić information content (AvgIpc) is 2.75. The average molecular weight is 380 g/mol. The van der Waals surface area contributed by atoms with Crippen LogP contribution in [0, 0.1) is 0 Å². The van der Waals surface area contributed by atoms with Crippen molar-refractivity contribution in [2.24, 2.45) is 0 Å². The van der Waals surface area contributed by atoms with Gasteiger partial charge >= 0.3 is 5.97 Å². The third-order valence-corrected chi connectivity index (χ3v) is 4.06. The quantitative estimate of drug-likeness (QED) is 0.634. The van der Waals surface area contributed by atoms with Crippen LogP contribution < -0.4 is 14.8 Å². The molecule has 1 N–H and O–H groups in total. The van der Waals surface area contributed by atoms with Crippen LogP contribution in [0.5, 0.6) is 11.5 Å². The summed E-state index contributed by atoms with van der Waals surface area (Å²) in [5.74, 6) is 0.255. The molecule has 0 aliphatic heterocycles. The van der Waals surface area contributed by atoms with Crippen LogP contribution in [0.2, 0.25) is 0 Å². The summed E-state index contributed by atoms with van der Waals surface area (Å²) >= 11 is 0. The number of hydrogen-bond acceptors (Lipinski definition) is 6. The van der Waals surface area contributed by atoms with E-state index in [1.54, 1.807) is 19.2 Å². The molecule has 0 saturated carbocycles. The van der Waals surface area contributed by atoms with Gasteiger partial charge in [0, 0.05) is 18.0 Å². The Bertz CT molecular complexity index is 1000. The van der Waals surface area contributed by atoms with Gasteiger partial charge in [-0.25, -0.2) is 9.78 Å². The summed E-state index contributed by atoms with van der Waals surface area (Å²) in [5.41, 5.74) is 1.61.